The summed E-state index contributed by atoms with van der Waals surface area (Å²) in [5.41, 5.74) is 3.17. The first kappa shape index (κ1) is 19.5. The Morgan fingerprint density at radius 3 is 2.65 bits per heavy atom. The molecule has 0 radical (unpaired) electrons. The predicted octanol–water partition coefficient (Wildman–Crippen LogP) is 3.23. The highest BCUT2D eigenvalue weighted by molar-refractivity contribution is 7.03. The van der Waals surface area contributed by atoms with Gasteiger partial charge in [0.25, 0.3) is 17.7 Å². The number of imide groups is 1. The van der Waals surface area contributed by atoms with Crippen LogP contribution in [0.1, 0.15) is 43.9 Å². The van der Waals surface area contributed by atoms with Crippen molar-refractivity contribution in [3.63, 3.8) is 0 Å². The van der Waals surface area contributed by atoms with E-state index in [1.165, 1.54) is 22.5 Å². The van der Waals surface area contributed by atoms with Gasteiger partial charge in [-0.3, -0.25) is 19.3 Å². The number of hydrogen-bond acceptors (Lipinski definition) is 7. The van der Waals surface area contributed by atoms with Crippen molar-refractivity contribution in [1.82, 2.24) is 14.5 Å². The van der Waals surface area contributed by atoms with E-state index in [2.05, 4.69) is 14.9 Å². The lowest BCUT2D eigenvalue weighted by Gasteiger charge is -2.17. The van der Waals surface area contributed by atoms with Crippen molar-refractivity contribution >= 4 is 34.9 Å². The second-order valence-electron chi connectivity index (χ2n) is 7.44. The molecule has 2 aromatic carbocycles. The number of nitrogens with zero attached hydrogens (tertiary/aromatic N) is 3. The zero-order chi connectivity index (χ0) is 21.4. The highest BCUT2D eigenvalue weighted by Crippen LogP contribution is 2.27. The Balaban J connectivity index is 1.31. The second kappa shape index (κ2) is 8.01. The number of carbonyl (C=O) groups is 3. The van der Waals surface area contributed by atoms with Crippen LogP contribution in [0, 0.1) is 0 Å². The number of ether oxygens (including phenoxy) is 1. The lowest BCUT2D eigenvalue weighted by molar-refractivity contribution is 0.0475. The summed E-state index contributed by atoms with van der Waals surface area (Å²) in [5, 5.41) is 8.68. The first-order chi connectivity index (χ1) is 15.1. The molecular formula is C22H18N4O4S. The van der Waals surface area contributed by atoms with E-state index in [9.17, 15) is 14.4 Å². The number of benzene rings is 2. The molecule has 3 aromatic rings. The predicted molar refractivity (Wildman–Crippen MR) is 114 cm³/mol. The topological polar surface area (TPSA) is 101 Å². The van der Waals surface area contributed by atoms with Crippen LogP contribution in [-0.4, -0.2) is 51.5 Å². The Bertz CT molecular complexity index is 1150. The molecule has 1 fully saturated rings. The van der Waals surface area contributed by atoms with Crippen LogP contribution in [-0.2, 0) is 4.74 Å². The largest absolute Gasteiger partial charge is 0.376 e. The third-order valence-corrected chi connectivity index (χ3v) is 5.95. The normalized spacial score (nSPS) is 17.8. The molecule has 3 amide bonds. The molecule has 1 atom stereocenters. The van der Waals surface area contributed by atoms with Gasteiger partial charge in [0.2, 0.25) is 0 Å². The molecule has 0 bridgehead atoms. The summed E-state index contributed by atoms with van der Waals surface area (Å²) >= 11 is 1.27. The van der Waals surface area contributed by atoms with Crippen LogP contribution < -0.4 is 5.32 Å². The zero-order valence-corrected chi connectivity index (χ0v) is 17.2. The Morgan fingerprint density at radius 2 is 1.94 bits per heavy atom. The SMILES string of the molecule is O=C(Nc1ccc(-c2csnn2)cc1)c1ccc2c(c1)C(=O)N(CC1CCCO1)C2=O. The Kier molecular flexibility index (Phi) is 5.05. The quantitative estimate of drug-likeness (QED) is 0.619. The molecule has 5 rings (SSSR count). The smallest absolute Gasteiger partial charge is 0.261 e. The van der Waals surface area contributed by atoms with E-state index in [0.717, 1.165) is 24.1 Å². The molecule has 156 valence electrons. The van der Waals surface area contributed by atoms with Gasteiger partial charge in [-0.2, -0.15) is 0 Å². The van der Waals surface area contributed by atoms with Crippen LogP contribution in [0.3, 0.4) is 0 Å². The minimum absolute atomic E-state index is 0.118. The van der Waals surface area contributed by atoms with Crippen LogP contribution >= 0.6 is 11.5 Å². The van der Waals surface area contributed by atoms with Gasteiger partial charge in [0.15, 0.2) is 0 Å². The first-order valence-corrected chi connectivity index (χ1v) is 10.7. The fraction of sp³-hybridized carbons (Fsp3) is 0.227. The van der Waals surface area contributed by atoms with E-state index in [1.54, 1.807) is 24.3 Å². The summed E-state index contributed by atoms with van der Waals surface area (Å²) in [6.45, 7) is 0.897. The van der Waals surface area contributed by atoms with Crippen molar-refractivity contribution in [2.45, 2.75) is 18.9 Å². The molecule has 1 aromatic heterocycles. The number of anilines is 1. The van der Waals surface area contributed by atoms with Gasteiger partial charge in [0.05, 0.1) is 23.8 Å². The number of fused-ring (bicyclic) bond motifs is 1. The van der Waals surface area contributed by atoms with E-state index < -0.39 is 0 Å². The highest BCUT2D eigenvalue weighted by atomic mass is 32.1. The lowest BCUT2D eigenvalue weighted by atomic mass is 10.1. The average Bonchev–Trinajstić information content (AvgIpc) is 3.54. The highest BCUT2D eigenvalue weighted by Gasteiger charge is 2.37. The van der Waals surface area contributed by atoms with E-state index in [1.807, 2.05) is 17.5 Å². The molecular weight excluding hydrogens is 416 g/mol. The summed E-state index contributed by atoms with van der Waals surface area (Å²) in [6, 6.07) is 11.8. The fourth-order valence-electron chi connectivity index (χ4n) is 3.81. The molecule has 9 heteroatoms. The molecule has 8 nitrogen and oxygen atoms in total. The number of carbonyl (C=O) groups excluding carboxylic acids is 3. The standard InChI is InChI=1S/C22H18N4O4S/c27-20(23-15-6-3-13(4-7-15)19-12-31-25-24-19)14-5-8-17-18(10-14)22(29)26(21(17)28)11-16-2-1-9-30-16/h3-8,10,12,16H,1-2,9,11H2,(H,23,27). The van der Waals surface area contributed by atoms with Crippen LogP contribution in [0.2, 0.25) is 0 Å². The molecule has 0 spiro atoms. The van der Waals surface area contributed by atoms with Crippen LogP contribution in [0.4, 0.5) is 5.69 Å². The number of amides is 3. The van der Waals surface area contributed by atoms with Crippen molar-refractivity contribution in [1.29, 1.82) is 0 Å². The number of aromatic nitrogens is 2. The van der Waals surface area contributed by atoms with Crippen molar-refractivity contribution in [3.8, 4) is 11.3 Å². The number of rotatable bonds is 5. The molecule has 1 unspecified atom stereocenters. The van der Waals surface area contributed by atoms with Crippen molar-refractivity contribution in [2.24, 2.45) is 0 Å². The van der Waals surface area contributed by atoms with Crippen LogP contribution in [0.25, 0.3) is 11.3 Å². The summed E-state index contributed by atoms with van der Waals surface area (Å²) < 4.78 is 9.40. The van der Waals surface area contributed by atoms with Gasteiger partial charge in [-0.25, -0.2) is 0 Å². The third kappa shape index (κ3) is 3.73. The summed E-state index contributed by atoms with van der Waals surface area (Å²) in [7, 11) is 0. The van der Waals surface area contributed by atoms with Gasteiger partial charge in [0, 0.05) is 28.8 Å². The molecule has 1 saturated heterocycles. The van der Waals surface area contributed by atoms with E-state index in [0.29, 0.717) is 23.4 Å². The Hall–Kier alpha value is -3.43. The van der Waals surface area contributed by atoms with E-state index >= 15 is 0 Å². The van der Waals surface area contributed by atoms with Gasteiger partial charge in [-0.1, -0.05) is 16.6 Å². The summed E-state index contributed by atoms with van der Waals surface area (Å²) in [4.78, 5) is 39.4. The molecule has 0 aliphatic carbocycles. The molecule has 0 saturated carbocycles. The lowest BCUT2D eigenvalue weighted by Crippen LogP contribution is -2.36. The summed E-state index contributed by atoms with van der Waals surface area (Å²) in [6.07, 6.45) is 1.64. The number of nitrogens with one attached hydrogen (secondary N) is 1. The molecule has 2 aliphatic heterocycles. The minimum Gasteiger partial charge on any atom is -0.376 e. The van der Waals surface area contributed by atoms with Crippen LogP contribution in [0.5, 0.6) is 0 Å². The zero-order valence-electron chi connectivity index (χ0n) is 16.4. The molecule has 2 aliphatic rings. The minimum atomic E-state index is -0.383. The third-order valence-electron chi connectivity index (χ3n) is 5.44. The van der Waals surface area contributed by atoms with E-state index in [4.69, 9.17) is 4.74 Å². The van der Waals surface area contributed by atoms with Crippen molar-refractivity contribution < 1.29 is 19.1 Å². The molecule has 3 heterocycles. The van der Waals surface area contributed by atoms with Gasteiger partial charge in [-0.05, 0) is 54.7 Å². The molecule has 1 N–H and O–H groups in total. The van der Waals surface area contributed by atoms with Crippen LogP contribution in [0.15, 0.2) is 47.8 Å². The fourth-order valence-corrected chi connectivity index (χ4v) is 4.27. The Morgan fingerprint density at radius 1 is 1.13 bits per heavy atom. The Labute approximate surface area is 182 Å². The average molecular weight is 434 g/mol. The molecule has 31 heavy (non-hydrogen) atoms. The van der Waals surface area contributed by atoms with Crippen molar-refractivity contribution in [2.75, 3.05) is 18.5 Å². The van der Waals surface area contributed by atoms with Gasteiger partial charge >= 0.3 is 0 Å². The first-order valence-electron chi connectivity index (χ1n) is 9.91. The van der Waals surface area contributed by atoms with Gasteiger partial charge < -0.3 is 10.1 Å². The van der Waals surface area contributed by atoms with Crippen molar-refractivity contribution in [3.05, 3.63) is 64.5 Å². The number of hydrogen-bond donors (Lipinski definition) is 1. The maximum absolute atomic E-state index is 12.8. The van der Waals surface area contributed by atoms with Gasteiger partial charge in [-0.15, -0.1) is 5.10 Å². The maximum Gasteiger partial charge on any atom is 0.261 e. The van der Waals surface area contributed by atoms with Gasteiger partial charge in [0.1, 0.15) is 5.69 Å². The monoisotopic (exact) mass is 434 g/mol. The second-order valence-corrected chi connectivity index (χ2v) is 8.05. The van der Waals surface area contributed by atoms with E-state index in [-0.39, 0.29) is 35.9 Å². The maximum atomic E-state index is 12.8. The summed E-state index contributed by atoms with van der Waals surface area (Å²) in [5.74, 6) is -1.08.